The van der Waals surface area contributed by atoms with Crippen LogP contribution in [0.25, 0.3) is 22.0 Å². The first-order valence-corrected chi connectivity index (χ1v) is 11.9. The number of aromatic nitrogens is 2. The van der Waals surface area contributed by atoms with Gasteiger partial charge in [0, 0.05) is 42.0 Å². The number of hydrogen-bond acceptors (Lipinski definition) is 4. The van der Waals surface area contributed by atoms with Crippen molar-refractivity contribution in [3.8, 4) is 11.3 Å². The largest absolute Gasteiger partial charge is 0.416 e. The Morgan fingerprint density at radius 2 is 1.59 bits per heavy atom. The van der Waals surface area contributed by atoms with E-state index in [1.165, 1.54) is 24.3 Å². The van der Waals surface area contributed by atoms with Crippen LogP contribution >= 0.6 is 0 Å². The highest BCUT2D eigenvalue weighted by molar-refractivity contribution is 6.00. The van der Waals surface area contributed by atoms with Crippen molar-refractivity contribution in [3.63, 3.8) is 0 Å². The van der Waals surface area contributed by atoms with E-state index < -0.39 is 11.7 Å². The molecule has 0 spiro atoms. The third-order valence-electron chi connectivity index (χ3n) is 6.67. The number of piperazine rings is 1. The van der Waals surface area contributed by atoms with Crippen LogP contribution in [0, 0.1) is 5.82 Å². The zero-order valence-corrected chi connectivity index (χ0v) is 20.0. The summed E-state index contributed by atoms with van der Waals surface area (Å²) in [6.07, 6.45) is -4.37. The number of anilines is 1. The Bertz CT molecular complexity index is 1420. The van der Waals surface area contributed by atoms with Crippen molar-refractivity contribution >= 4 is 22.5 Å². The van der Waals surface area contributed by atoms with Crippen LogP contribution in [-0.2, 0) is 17.4 Å². The highest BCUT2D eigenvalue weighted by Crippen LogP contribution is 2.33. The molecule has 0 aliphatic carbocycles. The van der Waals surface area contributed by atoms with Crippen LogP contribution in [0.1, 0.15) is 18.1 Å². The number of fused-ring (bicyclic) bond motifs is 1. The lowest BCUT2D eigenvalue weighted by Gasteiger charge is -2.40. The summed E-state index contributed by atoms with van der Waals surface area (Å²) in [5.41, 5.74) is 1.24. The molecule has 4 aromatic rings. The molecular weight excluding hydrogens is 484 g/mol. The first-order valence-electron chi connectivity index (χ1n) is 11.9. The summed E-state index contributed by atoms with van der Waals surface area (Å²) < 4.78 is 51.9. The number of carbonyl (C=O) groups excluding carboxylic acids is 1. The summed E-state index contributed by atoms with van der Waals surface area (Å²) in [6.45, 7) is 3.47. The van der Waals surface area contributed by atoms with E-state index in [0.717, 1.165) is 28.5 Å². The quantitative estimate of drug-likeness (QED) is 0.330. The van der Waals surface area contributed by atoms with E-state index in [4.69, 9.17) is 0 Å². The fourth-order valence-corrected chi connectivity index (χ4v) is 4.75. The number of benzene rings is 3. The number of nitrogens with zero attached hydrogens (tertiary/aromatic N) is 4. The van der Waals surface area contributed by atoms with Crippen molar-refractivity contribution in [2.24, 2.45) is 0 Å². The molecule has 1 aliphatic rings. The molecule has 0 radical (unpaired) electrons. The van der Waals surface area contributed by atoms with Crippen molar-refractivity contribution in [2.45, 2.75) is 25.6 Å². The fraction of sp³-hybridized carbons (Fsp3) is 0.250. The van der Waals surface area contributed by atoms with E-state index >= 15 is 0 Å². The summed E-state index contributed by atoms with van der Waals surface area (Å²) >= 11 is 0. The van der Waals surface area contributed by atoms with Crippen molar-refractivity contribution < 1.29 is 22.4 Å². The van der Waals surface area contributed by atoms with Gasteiger partial charge in [-0.15, -0.1) is 10.2 Å². The van der Waals surface area contributed by atoms with Crippen LogP contribution in [0.4, 0.5) is 23.4 Å². The van der Waals surface area contributed by atoms with Gasteiger partial charge in [0.05, 0.1) is 12.0 Å². The molecule has 0 bridgehead atoms. The molecule has 5 rings (SSSR count). The van der Waals surface area contributed by atoms with Gasteiger partial charge >= 0.3 is 6.18 Å². The average Bonchev–Trinajstić information content (AvgIpc) is 2.88. The van der Waals surface area contributed by atoms with Crippen LogP contribution in [0.3, 0.4) is 0 Å². The SMILES string of the molecule is C[C@H]1CN(c2nnc(-c3ccc(F)cc3)c3ccccc23)CCN1C(=O)Cc1ccc(C(F)(F)F)cc1. The number of hydrogen-bond donors (Lipinski definition) is 0. The van der Waals surface area contributed by atoms with Gasteiger partial charge in [0.15, 0.2) is 5.82 Å². The van der Waals surface area contributed by atoms with E-state index in [-0.39, 0.29) is 24.2 Å². The number of carbonyl (C=O) groups is 1. The highest BCUT2D eigenvalue weighted by atomic mass is 19.4. The third-order valence-corrected chi connectivity index (χ3v) is 6.67. The van der Waals surface area contributed by atoms with Crippen molar-refractivity contribution in [2.75, 3.05) is 24.5 Å². The fourth-order valence-electron chi connectivity index (χ4n) is 4.75. The lowest BCUT2D eigenvalue weighted by Crippen LogP contribution is -2.54. The van der Waals surface area contributed by atoms with Gasteiger partial charge in [-0.05, 0) is 48.9 Å². The second kappa shape index (κ2) is 9.80. The molecule has 2 heterocycles. The summed E-state index contributed by atoms with van der Waals surface area (Å²) in [4.78, 5) is 16.8. The van der Waals surface area contributed by atoms with Crippen LogP contribution in [-0.4, -0.2) is 46.7 Å². The topological polar surface area (TPSA) is 49.3 Å². The maximum absolute atomic E-state index is 13.4. The van der Waals surface area contributed by atoms with Gasteiger partial charge in [0.1, 0.15) is 11.5 Å². The van der Waals surface area contributed by atoms with Crippen LogP contribution in [0.15, 0.2) is 72.8 Å². The third kappa shape index (κ3) is 5.12. The molecule has 37 heavy (non-hydrogen) atoms. The maximum atomic E-state index is 13.4. The Morgan fingerprint density at radius 3 is 2.24 bits per heavy atom. The molecule has 5 nitrogen and oxygen atoms in total. The second-order valence-corrected chi connectivity index (χ2v) is 9.18. The molecule has 9 heteroatoms. The summed E-state index contributed by atoms with van der Waals surface area (Å²) in [5, 5.41) is 10.8. The molecule has 1 aliphatic heterocycles. The van der Waals surface area contributed by atoms with Crippen LogP contribution < -0.4 is 4.90 Å². The lowest BCUT2D eigenvalue weighted by atomic mass is 10.0. The van der Waals surface area contributed by atoms with E-state index in [0.29, 0.717) is 36.7 Å². The maximum Gasteiger partial charge on any atom is 0.416 e. The monoisotopic (exact) mass is 508 g/mol. The van der Waals surface area contributed by atoms with Crippen LogP contribution in [0.5, 0.6) is 0 Å². The molecule has 1 amide bonds. The van der Waals surface area contributed by atoms with Gasteiger partial charge in [0.2, 0.25) is 5.91 Å². The Kier molecular flexibility index (Phi) is 6.54. The normalized spacial score (nSPS) is 16.3. The lowest BCUT2D eigenvalue weighted by molar-refractivity contribution is -0.137. The Labute approximate surface area is 211 Å². The predicted molar refractivity (Wildman–Crippen MR) is 133 cm³/mol. The van der Waals surface area contributed by atoms with Gasteiger partial charge in [-0.25, -0.2) is 4.39 Å². The molecule has 0 unspecified atom stereocenters. The minimum atomic E-state index is -4.41. The van der Waals surface area contributed by atoms with Gasteiger partial charge in [0.25, 0.3) is 0 Å². The molecule has 1 atom stereocenters. The van der Waals surface area contributed by atoms with Crippen molar-refractivity contribution in [1.82, 2.24) is 15.1 Å². The smallest absolute Gasteiger partial charge is 0.351 e. The summed E-state index contributed by atoms with van der Waals surface area (Å²) in [6, 6.07) is 18.5. The Balaban J connectivity index is 1.32. The Hall–Kier alpha value is -4.01. The molecule has 1 saturated heterocycles. The van der Waals surface area contributed by atoms with E-state index in [1.807, 2.05) is 31.2 Å². The minimum absolute atomic E-state index is 0.0393. The highest BCUT2D eigenvalue weighted by Gasteiger charge is 2.31. The van der Waals surface area contributed by atoms with Gasteiger partial charge < -0.3 is 9.80 Å². The molecule has 1 aromatic heterocycles. The Morgan fingerprint density at radius 1 is 0.919 bits per heavy atom. The van der Waals surface area contributed by atoms with Gasteiger partial charge in [-0.1, -0.05) is 36.4 Å². The van der Waals surface area contributed by atoms with Crippen LogP contribution in [0.2, 0.25) is 0 Å². The minimum Gasteiger partial charge on any atom is -0.351 e. The number of halogens is 4. The van der Waals surface area contributed by atoms with Gasteiger partial charge in [-0.3, -0.25) is 4.79 Å². The molecule has 0 N–H and O–H groups in total. The number of alkyl halides is 3. The first kappa shape index (κ1) is 24.7. The molecule has 1 fully saturated rings. The van der Waals surface area contributed by atoms with Gasteiger partial charge in [-0.2, -0.15) is 13.2 Å². The van der Waals surface area contributed by atoms with E-state index in [2.05, 4.69) is 15.1 Å². The van der Waals surface area contributed by atoms with Crippen molar-refractivity contribution in [3.05, 3.63) is 89.7 Å². The molecule has 0 saturated carbocycles. The molecule has 190 valence electrons. The first-order chi connectivity index (χ1) is 17.7. The summed E-state index contributed by atoms with van der Waals surface area (Å²) in [7, 11) is 0. The standard InChI is InChI=1S/C28H24F4N4O/c1-18-17-35(14-15-36(18)25(37)16-19-6-10-21(11-7-19)28(30,31)32)27-24-5-3-2-4-23(24)26(33-34-27)20-8-12-22(29)13-9-20/h2-13,18H,14-17H2,1H3/t18-/m0/s1. The molecule has 3 aromatic carbocycles. The number of amides is 1. The average molecular weight is 509 g/mol. The predicted octanol–water partition coefficient (Wildman–Crippen LogP) is 5.73. The van der Waals surface area contributed by atoms with E-state index in [9.17, 15) is 22.4 Å². The zero-order chi connectivity index (χ0) is 26.2. The summed E-state index contributed by atoms with van der Waals surface area (Å²) in [5.74, 6) is 0.259. The molecular formula is C28H24F4N4O. The zero-order valence-electron chi connectivity index (χ0n) is 20.0. The van der Waals surface area contributed by atoms with E-state index in [1.54, 1.807) is 17.0 Å². The second-order valence-electron chi connectivity index (χ2n) is 9.18. The number of rotatable bonds is 4. The van der Waals surface area contributed by atoms with Crippen molar-refractivity contribution in [1.29, 1.82) is 0 Å².